The van der Waals surface area contributed by atoms with Gasteiger partial charge in [-0.25, -0.2) is 0 Å². The maximum absolute atomic E-state index is 14.3. The first kappa shape index (κ1) is 23.5. The van der Waals surface area contributed by atoms with Crippen LogP contribution in [0.2, 0.25) is 5.02 Å². The Bertz CT molecular complexity index is 1090. The zero-order valence-electron chi connectivity index (χ0n) is 19.0. The Morgan fingerprint density at radius 3 is 2.68 bits per heavy atom. The fraction of sp³-hybridized carbons (Fsp3) is 0.480. The predicted octanol–water partition coefficient (Wildman–Crippen LogP) is 2.67. The van der Waals surface area contributed by atoms with Crippen molar-refractivity contribution in [3.05, 3.63) is 53.6 Å². The summed E-state index contributed by atoms with van der Waals surface area (Å²) in [5.74, 6) is -2.53. The van der Waals surface area contributed by atoms with Gasteiger partial charge in [0.25, 0.3) is 5.91 Å². The number of hydrogen-bond acceptors (Lipinski definition) is 6. The molecular weight excluding hydrogens is 476 g/mol. The summed E-state index contributed by atoms with van der Waals surface area (Å²) in [5, 5.41) is 10.4. The van der Waals surface area contributed by atoms with Gasteiger partial charge in [0.1, 0.15) is 12.6 Å². The van der Waals surface area contributed by atoms with Crippen molar-refractivity contribution >= 4 is 46.8 Å². The highest BCUT2D eigenvalue weighted by molar-refractivity contribution is 8.02. The van der Waals surface area contributed by atoms with Gasteiger partial charge in [-0.1, -0.05) is 61.9 Å². The molecule has 34 heavy (non-hydrogen) atoms. The third kappa shape index (κ3) is 3.33. The lowest BCUT2D eigenvalue weighted by Crippen LogP contribution is -2.57. The quantitative estimate of drug-likeness (QED) is 0.503. The van der Waals surface area contributed by atoms with E-state index in [1.807, 2.05) is 38.1 Å². The van der Waals surface area contributed by atoms with Crippen molar-refractivity contribution in [2.24, 2.45) is 17.8 Å². The van der Waals surface area contributed by atoms with E-state index in [0.717, 1.165) is 0 Å². The number of aliphatic hydroxyl groups excluding tert-OH is 1. The summed E-state index contributed by atoms with van der Waals surface area (Å²) >= 11 is 7.94. The summed E-state index contributed by atoms with van der Waals surface area (Å²) in [6.45, 7) is 4.01. The number of anilines is 1. The monoisotopic (exact) mass is 502 g/mol. The Balaban J connectivity index is 1.68. The van der Waals surface area contributed by atoms with Gasteiger partial charge in [-0.15, -0.1) is 11.8 Å². The van der Waals surface area contributed by atoms with Gasteiger partial charge in [-0.2, -0.15) is 0 Å². The number of ether oxygens (including phenoxy) is 1. The van der Waals surface area contributed by atoms with Crippen LogP contribution in [-0.2, 0) is 19.1 Å². The van der Waals surface area contributed by atoms with Gasteiger partial charge < -0.3 is 19.6 Å². The van der Waals surface area contributed by atoms with Crippen LogP contribution in [0.1, 0.15) is 13.8 Å². The van der Waals surface area contributed by atoms with Gasteiger partial charge in [-0.3, -0.25) is 14.4 Å². The topological polar surface area (TPSA) is 87.2 Å². The second-order valence-electron chi connectivity index (χ2n) is 9.44. The van der Waals surface area contributed by atoms with Crippen LogP contribution in [-0.4, -0.2) is 69.6 Å². The van der Waals surface area contributed by atoms with Crippen LogP contribution in [0.3, 0.4) is 0 Å². The lowest BCUT2D eigenvalue weighted by molar-refractivity contribution is -0.152. The second kappa shape index (κ2) is 8.73. The van der Waals surface area contributed by atoms with Crippen molar-refractivity contribution in [1.29, 1.82) is 0 Å². The Morgan fingerprint density at radius 1 is 1.21 bits per heavy atom. The number of aliphatic hydroxyl groups is 1. The molecule has 1 N–H and O–H groups in total. The molecule has 6 atom stereocenters. The SMILES string of the molecule is CC(C)[C@H](CO)N1C(=O)[C@@H]2[C@H]3C(=O)OCC=C[C@H]3S[C@@]23C=CCN(c2ccccc2Cl)C(=O)C13. The van der Waals surface area contributed by atoms with Crippen molar-refractivity contribution in [2.75, 3.05) is 24.7 Å². The summed E-state index contributed by atoms with van der Waals surface area (Å²) < 4.78 is 4.43. The molecule has 1 spiro atoms. The van der Waals surface area contributed by atoms with E-state index >= 15 is 0 Å². The molecule has 0 aliphatic carbocycles. The van der Waals surface area contributed by atoms with Crippen LogP contribution in [0.5, 0.6) is 0 Å². The normalized spacial score (nSPS) is 33.4. The minimum absolute atomic E-state index is 0.0969. The maximum Gasteiger partial charge on any atom is 0.311 e. The minimum atomic E-state index is -0.956. The first-order valence-electron chi connectivity index (χ1n) is 11.5. The highest BCUT2D eigenvalue weighted by atomic mass is 35.5. The fourth-order valence-electron chi connectivity index (χ4n) is 5.77. The van der Waals surface area contributed by atoms with Crippen LogP contribution >= 0.6 is 23.4 Å². The van der Waals surface area contributed by atoms with Gasteiger partial charge in [-0.05, 0) is 18.1 Å². The summed E-state index contributed by atoms with van der Waals surface area (Å²) in [6.07, 6.45) is 7.54. The molecule has 4 heterocycles. The molecule has 0 bridgehead atoms. The van der Waals surface area contributed by atoms with Crippen LogP contribution in [0, 0.1) is 17.8 Å². The summed E-state index contributed by atoms with van der Waals surface area (Å²) in [4.78, 5) is 44.5. The number of likely N-dealkylation sites (tertiary alicyclic amines) is 1. The van der Waals surface area contributed by atoms with Crippen LogP contribution in [0.4, 0.5) is 5.69 Å². The second-order valence-corrected chi connectivity index (χ2v) is 11.3. The zero-order valence-corrected chi connectivity index (χ0v) is 20.5. The van der Waals surface area contributed by atoms with Crippen LogP contribution < -0.4 is 4.90 Å². The molecule has 1 aromatic rings. The molecule has 2 amide bonds. The predicted molar refractivity (Wildman–Crippen MR) is 130 cm³/mol. The van der Waals surface area contributed by atoms with Crippen molar-refractivity contribution < 1.29 is 24.2 Å². The first-order valence-corrected chi connectivity index (χ1v) is 12.8. The number of carbonyl (C=O) groups excluding carboxylic acids is 3. The number of thioether (sulfide) groups is 1. The van der Waals surface area contributed by atoms with Gasteiger partial charge in [0.2, 0.25) is 5.91 Å². The molecule has 9 heteroatoms. The highest BCUT2D eigenvalue weighted by Gasteiger charge is 2.72. The molecule has 4 aliphatic rings. The van der Waals surface area contributed by atoms with E-state index in [0.29, 0.717) is 10.7 Å². The lowest BCUT2D eigenvalue weighted by Gasteiger charge is -2.39. The fourth-order valence-corrected chi connectivity index (χ4v) is 8.00. The summed E-state index contributed by atoms with van der Waals surface area (Å²) in [5.41, 5.74) is 0.563. The number of halogens is 1. The maximum atomic E-state index is 14.3. The molecule has 0 aromatic heterocycles. The number of amides is 2. The number of carbonyl (C=O) groups is 3. The first-order chi connectivity index (χ1) is 16.3. The average Bonchev–Trinajstić information content (AvgIpc) is 3.10. The minimum Gasteiger partial charge on any atom is -0.461 e. The smallest absolute Gasteiger partial charge is 0.311 e. The summed E-state index contributed by atoms with van der Waals surface area (Å²) in [7, 11) is 0. The molecular formula is C25H27ClN2O5S. The zero-order chi connectivity index (χ0) is 24.2. The third-order valence-corrected chi connectivity index (χ3v) is 9.37. The van der Waals surface area contributed by atoms with E-state index in [-0.39, 0.29) is 42.7 Å². The average molecular weight is 503 g/mol. The van der Waals surface area contributed by atoms with Gasteiger partial charge >= 0.3 is 5.97 Å². The number of fused-ring (bicyclic) bond motifs is 2. The highest BCUT2D eigenvalue weighted by Crippen LogP contribution is 2.61. The number of esters is 1. The lowest BCUT2D eigenvalue weighted by atomic mass is 9.78. The Hall–Kier alpha value is -2.29. The molecule has 180 valence electrons. The molecule has 2 saturated heterocycles. The van der Waals surface area contributed by atoms with Crippen molar-refractivity contribution in [2.45, 2.75) is 35.9 Å². The molecule has 2 fully saturated rings. The molecule has 0 saturated carbocycles. The molecule has 7 nitrogen and oxygen atoms in total. The largest absolute Gasteiger partial charge is 0.461 e. The van der Waals surface area contributed by atoms with E-state index in [1.54, 1.807) is 34.1 Å². The van der Waals surface area contributed by atoms with E-state index in [2.05, 4.69) is 0 Å². The van der Waals surface area contributed by atoms with Gasteiger partial charge in [0, 0.05) is 11.8 Å². The van der Waals surface area contributed by atoms with Gasteiger partial charge in [0.15, 0.2) is 0 Å². The Morgan fingerprint density at radius 2 is 1.97 bits per heavy atom. The number of para-hydroxylation sites is 1. The van der Waals surface area contributed by atoms with Crippen molar-refractivity contribution in [1.82, 2.24) is 4.90 Å². The van der Waals surface area contributed by atoms with Gasteiger partial charge in [0.05, 0.1) is 39.9 Å². The standard InChI is InChI=1S/C25H27ClN2O5S/c1-14(2)17(13-29)28-21-23(31)27(16-8-4-3-7-15(16)26)11-6-10-25(21)20(22(28)30)19-18(34-25)9-5-12-33-24(19)32/h3-10,14,17-21,29H,11-13H2,1-2H3/t17-,18+,19-,20-,21?,25-/m0/s1. The van der Waals surface area contributed by atoms with E-state index in [9.17, 15) is 19.5 Å². The Labute approximate surface area is 207 Å². The van der Waals surface area contributed by atoms with Crippen molar-refractivity contribution in [3.63, 3.8) is 0 Å². The van der Waals surface area contributed by atoms with Crippen LogP contribution in [0.25, 0.3) is 0 Å². The number of nitrogens with zero attached hydrogens (tertiary/aromatic N) is 2. The molecule has 0 radical (unpaired) electrons. The third-order valence-electron chi connectivity index (χ3n) is 7.31. The van der Waals surface area contributed by atoms with Crippen LogP contribution in [0.15, 0.2) is 48.6 Å². The Kier molecular flexibility index (Phi) is 6.02. The number of hydrogen-bond donors (Lipinski definition) is 1. The number of rotatable bonds is 4. The van der Waals surface area contributed by atoms with E-state index in [1.165, 1.54) is 11.8 Å². The molecule has 5 rings (SSSR count). The summed E-state index contributed by atoms with van der Waals surface area (Å²) in [6, 6.07) is 5.65. The number of benzene rings is 1. The molecule has 4 aliphatic heterocycles. The number of cyclic esters (lactones) is 1. The van der Waals surface area contributed by atoms with E-state index < -0.39 is 34.6 Å². The van der Waals surface area contributed by atoms with Crippen molar-refractivity contribution in [3.8, 4) is 0 Å². The molecule has 1 aromatic carbocycles. The molecule has 1 unspecified atom stereocenters. The van der Waals surface area contributed by atoms with E-state index in [4.69, 9.17) is 16.3 Å².